The molecule has 1 fully saturated rings. The molecule has 0 unspecified atom stereocenters. The minimum Gasteiger partial charge on any atom is -0.496 e. The van der Waals surface area contributed by atoms with Crippen LogP contribution in [-0.4, -0.2) is 49.1 Å². The van der Waals surface area contributed by atoms with Gasteiger partial charge in [-0.2, -0.15) is 13.2 Å². The maximum absolute atomic E-state index is 12.8. The van der Waals surface area contributed by atoms with Gasteiger partial charge in [0.25, 0.3) is 0 Å². The Bertz CT molecular complexity index is 1430. The van der Waals surface area contributed by atoms with Crippen LogP contribution >= 0.6 is 0 Å². The third-order valence-electron chi connectivity index (χ3n) is 7.31. The van der Waals surface area contributed by atoms with Gasteiger partial charge in [0.15, 0.2) is 0 Å². The molecule has 2 heterocycles. The Morgan fingerprint density at radius 2 is 1.74 bits per heavy atom. The highest BCUT2D eigenvalue weighted by atomic mass is 19.4. The van der Waals surface area contributed by atoms with E-state index < -0.39 is 36.1 Å². The molecule has 4 N–H and O–H groups in total. The number of aliphatic hydroxyl groups excluding tert-OH is 1. The Kier molecular flexibility index (Phi) is 8.55. The Morgan fingerprint density at radius 1 is 1.02 bits per heavy atom. The molecule has 3 aromatic rings. The van der Waals surface area contributed by atoms with E-state index in [9.17, 15) is 27.9 Å². The van der Waals surface area contributed by atoms with E-state index in [2.05, 4.69) is 16.0 Å². The predicted molar refractivity (Wildman–Crippen MR) is 148 cm³/mol. The Balaban J connectivity index is 1.22. The number of hydrogen-bond acceptors (Lipinski definition) is 6. The second kappa shape index (κ2) is 12.3. The van der Waals surface area contributed by atoms with Crippen molar-refractivity contribution in [3.8, 4) is 11.5 Å². The molecule has 0 aliphatic carbocycles. The Hall–Kier alpha value is -4.29. The number of aliphatic hydroxyl groups is 1. The average molecular weight is 586 g/mol. The van der Waals surface area contributed by atoms with Crippen LogP contribution in [0.1, 0.15) is 35.4 Å². The summed E-state index contributed by atoms with van der Waals surface area (Å²) in [5.41, 5.74) is 1.47. The number of halogens is 3. The van der Waals surface area contributed by atoms with Gasteiger partial charge >= 0.3 is 12.2 Å². The molecule has 0 spiro atoms. The molecule has 0 saturated carbocycles. The summed E-state index contributed by atoms with van der Waals surface area (Å²) in [6.45, 7) is -0.00428. The lowest BCUT2D eigenvalue weighted by Gasteiger charge is -2.37. The van der Waals surface area contributed by atoms with Crippen LogP contribution in [0.2, 0.25) is 0 Å². The van der Waals surface area contributed by atoms with Crippen molar-refractivity contribution in [1.82, 2.24) is 5.32 Å². The first-order valence-electron chi connectivity index (χ1n) is 13.4. The number of rotatable bonds is 8. The Labute approximate surface area is 240 Å². The molecule has 42 heavy (non-hydrogen) atoms. The van der Waals surface area contributed by atoms with Crippen LogP contribution < -0.4 is 25.4 Å². The van der Waals surface area contributed by atoms with Crippen molar-refractivity contribution in [2.75, 3.05) is 24.4 Å². The number of carbonyl (C=O) groups is 2. The van der Waals surface area contributed by atoms with Crippen LogP contribution in [0, 0.1) is 0 Å². The van der Waals surface area contributed by atoms with Crippen LogP contribution in [0.5, 0.6) is 11.5 Å². The monoisotopic (exact) mass is 585 g/mol. The maximum atomic E-state index is 12.8. The molecule has 222 valence electrons. The molecule has 9 nitrogen and oxygen atoms in total. The number of anilines is 2. The SMILES string of the molecule is COc1ccccc1CNC(=O)C[C@@H]1C[C@H]2c3cc(NC(=O)Nc4ccc(C(F)(F)F)cc4)ccc3O[C@H]2[C@H](CO)O1. The molecule has 1 saturated heterocycles. The molecule has 0 aromatic heterocycles. The van der Waals surface area contributed by atoms with Crippen molar-refractivity contribution in [2.45, 2.75) is 49.8 Å². The van der Waals surface area contributed by atoms with Crippen LogP contribution in [-0.2, 0) is 22.3 Å². The minimum atomic E-state index is -4.47. The second-order valence-electron chi connectivity index (χ2n) is 10.1. The van der Waals surface area contributed by atoms with Crippen LogP contribution in [0.25, 0.3) is 0 Å². The highest BCUT2D eigenvalue weighted by Crippen LogP contribution is 2.47. The number of alkyl halides is 3. The molecular formula is C30H30F3N3O6. The topological polar surface area (TPSA) is 118 Å². The highest BCUT2D eigenvalue weighted by Gasteiger charge is 2.46. The minimum absolute atomic E-state index is 0.0810. The molecule has 2 aliphatic rings. The van der Waals surface area contributed by atoms with Gasteiger partial charge in [-0.05, 0) is 55.0 Å². The van der Waals surface area contributed by atoms with Crippen molar-refractivity contribution >= 4 is 23.3 Å². The number of amides is 3. The zero-order valence-electron chi connectivity index (χ0n) is 22.6. The molecule has 0 bridgehead atoms. The van der Waals surface area contributed by atoms with Crippen LogP contribution in [0.4, 0.5) is 29.3 Å². The van der Waals surface area contributed by atoms with Crippen molar-refractivity contribution in [3.63, 3.8) is 0 Å². The summed E-state index contributed by atoms with van der Waals surface area (Å²) in [5.74, 6) is 0.849. The fraction of sp³-hybridized carbons (Fsp3) is 0.333. The number of nitrogens with one attached hydrogen (secondary N) is 3. The molecule has 3 aromatic carbocycles. The van der Waals surface area contributed by atoms with Gasteiger partial charge < -0.3 is 35.3 Å². The maximum Gasteiger partial charge on any atom is 0.416 e. The van der Waals surface area contributed by atoms with E-state index in [4.69, 9.17) is 14.2 Å². The molecule has 5 rings (SSSR count). The van der Waals surface area contributed by atoms with E-state index >= 15 is 0 Å². The van der Waals surface area contributed by atoms with E-state index in [0.29, 0.717) is 30.2 Å². The number of fused-ring (bicyclic) bond motifs is 3. The lowest BCUT2D eigenvalue weighted by Crippen LogP contribution is -2.47. The zero-order chi connectivity index (χ0) is 29.9. The van der Waals surface area contributed by atoms with Gasteiger partial charge in [-0.25, -0.2) is 4.79 Å². The van der Waals surface area contributed by atoms with Crippen molar-refractivity contribution < 1.29 is 42.1 Å². The first-order valence-corrected chi connectivity index (χ1v) is 13.4. The molecule has 4 atom stereocenters. The van der Waals surface area contributed by atoms with E-state index in [1.165, 1.54) is 12.1 Å². The van der Waals surface area contributed by atoms with Gasteiger partial charge in [-0.15, -0.1) is 0 Å². The predicted octanol–water partition coefficient (Wildman–Crippen LogP) is 5.06. The van der Waals surface area contributed by atoms with Gasteiger partial charge in [0.2, 0.25) is 5.91 Å². The summed E-state index contributed by atoms with van der Waals surface area (Å²) < 4.78 is 55.8. The fourth-order valence-corrected chi connectivity index (χ4v) is 5.32. The number of methoxy groups -OCH3 is 1. The van der Waals surface area contributed by atoms with E-state index in [-0.39, 0.29) is 30.5 Å². The first kappa shape index (κ1) is 29.2. The van der Waals surface area contributed by atoms with Gasteiger partial charge in [0.1, 0.15) is 23.7 Å². The summed E-state index contributed by atoms with van der Waals surface area (Å²) >= 11 is 0. The highest BCUT2D eigenvalue weighted by molar-refractivity contribution is 5.99. The number of para-hydroxylation sites is 1. The van der Waals surface area contributed by atoms with Gasteiger partial charge in [0, 0.05) is 35.0 Å². The van der Waals surface area contributed by atoms with Crippen molar-refractivity contribution in [3.05, 3.63) is 83.4 Å². The summed E-state index contributed by atoms with van der Waals surface area (Å²) in [6, 6.07) is 16.0. The van der Waals surface area contributed by atoms with Gasteiger partial charge in [-0.3, -0.25) is 4.79 Å². The Morgan fingerprint density at radius 3 is 2.45 bits per heavy atom. The van der Waals surface area contributed by atoms with Crippen LogP contribution in [0.3, 0.4) is 0 Å². The third-order valence-corrected chi connectivity index (χ3v) is 7.31. The van der Waals surface area contributed by atoms with E-state index in [1.54, 1.807) is 25.3 Å². The third kappa shape index (κ3) is 6.60. The van der Waals surface area contributed by atoms with Crippen LogP contribution in [0.15, 0.2) is 66.7 Å². The standard InChI is InChI=1S/C30H30F3N3O6/c1-40-24-5-3-2-4-17(24)15-34-27(38)14-21-13-23-22-12-20(10-11-25(22)42-28(23)26(16-37)41-21)36-29(39)35-19-8-6-18(7-9-19)30(31,32)33/h2-12,21,23,26,28,37H,13-16H2,1H3,(H,34,38)(H2,35,36,39)/t21-,23-,26-,28+/m0/s1. The summed E-state index contributed by atoms with van der Waals surface area (Å²) in [6.07, 6.45) is -5.52. The second-order valence-corrected chi connectivity index (χ2v) is 10.1. The molecule has 0 radical (unpaired) electrons. The number of hydrogen-bond donors (Lipinski definition) is 4. The quantitative estimate of drug-likeness (QED) is 0.294. The molecular weight excluding hydrogens is 555 g/mol. The lowest BCUT2D eigenvalue weighted by atomic mass is 9.84. The smallest absolute Gasteiger partial charge is 0.416 e. The van der Waals surface area contributed by atoms with Crippen molar-refractivity contribution in [1.29, 1.82) is 0 Å². The zero-order valence-corrected chi connectivity index (χ0v) is 22.6. The molecule has 2 aliphatic heterocycles. The van der Waals surface area contributed by atoms with Gasteiger partial charge in [-0.1, -0.05) is 18.2 Å². The average Bonchev–Trinajstić information content (AvgIpc) is 3.33. The fourth-order valence-electron chi connectivity index (χ4n) is 5.32. The largest absolute Gasteiger partial charge is 0.496 e. The number of benzene rings is 3. The number of carbonyl (C=O) groups excluding carboxylic acids is 2. The number of ether oxygens (including phenoxy) is 3. The molecule has 12 heteroatoms. The van der Waals surface area contributed by atoms with Crippen molar-refractivity contribution in [2.24, 2.45) is 0 Å². The summed E-state index contributed by atoms with van der Waals surface area (Å²) in [5, 5.41) is 18.1. The van der Waals surface area contributed by atoms with Gasteiger partial charge in [0.05, 0.1) is 31.8 Å². The first-order chi connectivity index (χ1) is 20.1. The molecule has 3 amide bonds. The normalized spacial score (nSPS) is 21.0. The number of urea groups is 1. The van der Waals surface area contributed by atoms with E-state index in [1.807, 2.05) is 24.3 Å². The van der Waals surface area contributed by atoms with E-state index in [0.717, 1.165) is 23.3 Å². The summed E-state index contributed by atoms with van der Waals surface area (Å²) in [4.78, 5) is 25.3. The summed E-state index contributed by atoms with van der Waals surface area (Å²) in [7, 11) is 1.57. The lowest BCUT2D eigenvalue weighted by molar-refractivity contribution is -0.142.